The average molecular weight is 347 g/mol. The third-order valence-electron chi connectivity index (χ3n) is 3.72. The first-order chi connectivity index (χ1) is 10.1. The van der Waals surface area contributed by atoms with Gasteiger partial charge in [0.15, 0.2) is 0 Å². The number of likely N-dealkylation sites (N-methyl/N-ethyl adjacent to an activating group) is 1. The van der Waals surface area contributed by atoms with Gasteiger partial charge in [-0.25, -0.2) is 4.79 Å². The molecule has 1 heterocycles. The van der Waals surface area contributed by atoms with Gasteiger partial charge in [0.2, 0.25) is 0 Å². The minimum absolute atomic E-state index is 0.317. The van der Waals surface area contributed by atoms with Crippen LogP contribution in [-0.4, -0.2) is 31.2 Å². The number of carboxylic acid groups (broad SMARTS) is 1. The first-order valence-corrected chi connectivity index (χ1v) is 7.48. The number of hydrogen-bond acceptors (Lipinski definition) is 3. The zero-order chi connectivity index (χ0) is 15.0. The molecule has 5 heteroatoms. The molecule has 2 aromatic rings. The van der Waals surface area contributed by atoms with Gasteiger partial charge in [-0.1, -0.05) is 28.1 Å². The normalized spacial score (nSPS) is 14.0. The van der Waals surface area contributed by atoms with Gasteiger partial charge in [-0.15, -0.1) is 0 Å². The summed E-state index contributed by atoms with van der Waals surface area (Å²) in [7, 11) is 2.05. The summed E-state index contributed by atoms with van der Waals surface area (Å²) < 4.78 is 0.874. The zero-order valence-corrected chi connectivity index (χ0v) is 13.2. The average Bonchev–Trinajstić information content (AvgIpc) is 2.47. The van der Waals surface area contributed by atoms with E-state index in [1.54, 1.807) is 12.1 Å². The number of anilines is 3. The molecule has 4 nitrogen and oxygen atoms in total. The molecule has 21 heavy (non-hydrogen) atoms. The van der Waals surface area contributed by atoms with Gasteiger partial charge in [0.1, 0.15) is 0 Å². The summed E-state index contributed by atoms with van der Waals surface area (Å²) >= 11 is 3.43. The van der Waals surface area contributed by atoms with Crippen LogP contribution in [-0.2, 0) is 0 Å². The molecule has 1 aliphatic rings. The second-order valence-corrected chi connectivity index (χ2v) is 5.94. The number of para-hydroxylation sites is 2. The van der Waals surface area contributed by atoms with Crippen molar-refractivity contribution in [2.45, 2.75) is 0 Å². The van der Waals surface area contributed by atoms with Crippen LogP contribution in [0.5, 0.6) is 0 Å². The Labute approximate surface area is 131 Å². The molecule has 2 aromatic carbocycles. The quantitative estimate of drug-likeness (QED) is 0.899. The van der Waals surface area contributed by atoms with Crippen LogP contribution in [0.4, 0.5) is 17.1 Å². The molecule has 3 rings (SSSR count). The lowest BCUT2D eigenvalue weighted by Crippen LogP contribution is -2.37. The van der Waals surface area contributed by atoms with Gasteiger partial charge in [0, 0.05) is 24.6 Å². The van der Waals surface area contributed by atoms with Crippen LogP contribution in [0.25, 0.3) is 0 Å². The highest BCUT2D eigenvalue weighted by atomic mass is 79.9. The predicted octanol–water partition coefficient (Wildman–Crippen LogP) is 3.74. The first-order valence-electron chi connectivity index (χ1n) is 6.68. The molecule has 1 N–H and O–H groups in total. The van der Waals surface area contributed by atoms with Crippen LogP contribution in [0.1, 0.15) is 10.4 Å². The molecule has 108 valence electrons. The second-order valence-electron chi connectivity index (χ2n) is 5.03. The number of fused-ring (bicyclic) bond motifs is 1. The van der Waals surface area contributed by atoms with Crippen LogP contribution >= 0.6 is 15.9 Å². The molecule has 0 aliphatic carbocycles. The standard InChI is InChI=1S/C16H15BrN2O2/c1-18-8-9-19(14-5-3-2-4-13(14)18)15-10-11(17)6-7-12(15)16(20)21/h2-7,10H,8-9H2,1H3,(H,20,21). The Morgan fingerprint density at radius 3 is 2.52 bits per heavy atom. The number of aromatic carboxylic acids is 1. The Balaban J connectivity index is 2.16. The smallest absolute Gasteiger partial charge is 0.337 e. The SMILES string of the molecule is CN1CCN(c2cc(Br)ccc2C(=O)O)c2ccccc21. The highest BCUT2D eigenvalue weighted by Gasteiger charge is 2.24. The van der Waals surface area contributed by atoms with E-state index >= 15 is 0 Å². The number of nitrogens with zero attached hydrogens (tertiary/aromatic N) is 2. The summed E-state index contributed by atoms with van der Waals surface area (Å²) in [6, 6.07) is 13.3. The van der Waals surface area contributed by atoms with Gasteiger partial charge in [0.05, 0.1) is 22.6 Å². The highest BCUT2D eigenvalue weighted by molar-refractivity contribution is 9.10. The summed E-state index contributed by atoms with van der Waals surface area (Å²) in [5.74, 6) is -0.908. The molecule has 0 atom stereocenters. The van der Waals surface area contributed by atoms with Gasteiger partial charge in [-0.2, -0.15) is 0 Å². The third-order valence-corrected chi connectivity index (χ3v) is 4.22. The molecule has 0 aromatic heterocycles. The summed E-state index contributed by atoms with van der Waals surface area (Å²) in [6.45, 7) is 1.60. The van der Waals surface area contributed by atoms with Crippen LogP contribution in [0.2, 0.25) is 0 Å². The number of halogens is 1. The van der Waals surface area contributed by atoms with E-state index in [9.17, 15) is 9.90 Å². The van der Waals surface area contributed by atoms with E-state index in [-0.39, 0.29) is 0 Å². The van der Waals surface area contributed by atoms with Crippen molar-refractivity contribution in [3.8, 4) is 0 Å². The van der Waals surface area contributed by atoms with Crippen molar-refractivity contribution in [2.24, 2.45) is 0 Å². The molecule has 0 amide bonds. The predicted molar refractivity (Wildman–Crippen MR) is 87.8 cm³/mol. The summed E-state index contributed by atoms with van der Waals surface area (Å²) in [4.78, 5) is 15.8. The fourth-order valence-electron chi connectivity index (χ4n) is 2.67. The maximum atomic E-state index is 11.5. The fraction of sp³-hybridized carbons (Fsp3) is 0.188. The van der Waals surface area contributed by atoms with Crippen molar-refractivity contribution in [3.63, 3.8) is 0 Å². The van der Waals surface area contributed by atoms with Crippen molar-refractivity contribution >= 4 is 39.0 Å². The largest absolute Gasteiger partial charge is 0.478 e. The summed E-state index contributed by atoms with van der Waals surface area (Å²) in [6.07, 6.45) is 0. The Bertz CT molecular complexity index is 702. The molecular weight excluding hydrogens is 332 g/mol. The topological polar surface area (TPSA) is 43.8 Å². The van der Waals surface area contributed by atoms with E-state index in [4.69, 9.17) is 0 Å². The first kappa shape index (κ1) is 13.9. The minimum Gasteiger partial charge on any atom is -0.478 e. The monoisotopic (exact) mass is 346 g/mol. The van der Waals surface area contributed by atoms with Crippen molar-refractivity contribution in [2.75, 3.05) is 29.9 Å². The van der Waals surface area contributed by atoms with E-state index in [0.29, 0.717) is 5.56 Å². The molecule has 0 bridgehead atoms. The number of benzene rings is 2. The lowest BCUT2D eigenvalue weighted by atomic mass is 10.1. The number of hydrogen-bond donors (Lipinski definition) is 1. The van der Waals surface area contributed by atoms with Gasteiger partial charge >= 0.3 is 5.97 Å². The van der Waals surface area contributed by atoms with Crippen LogP contribution in [0, 0.1) is 0 Å². The molecule has 0 fully saturated rings. The highest BCUT2D eigenvalue weighted by Crippen LogP contribution is 2.39. The lowest BCUT2D eigenvalue weighted by molar-refractivity contribution is 0.0697. The van der Waals surface area contributed by atoms with E-state index in [2.05, 4.69) is 38.8 Å². The van der Waals surface area contributed by atoms with E-state index in [1.807, 2.05) is 24.3 Å². The fourth-order valence-corrected chi connectivity index (χ4v) is 3.01. The minimum atomic E-state index is -0.908. The van der Waals surface area contributed by atoms with Crippen LogP contribution in [0.3, 0.4) is 0 Å². The molecule has 0 unspecified atom stereocenters. The van der Waals surface area contributed by atoms with Crippen molar-refractivity contribution < 1.29 is 9.90 Å². The molecule has 0 spiro atoms. The van der Waals surface area contributed by atoms with Gasteiger partial charge < -0.3 is 14.9 Å². The van der Waals surface area contributed by atoms with E-state index in [1.165, 1.54) is 0 Å². The zero-order valence-electron chi connectivity index (χ0n) is 11.6. The Morgan fingerprint density at radius 2 is 1.81 bits per heavy atom. The van der Waals surface area contributed by atoms with Crippen molar-refractivity contribution in [3.05, 3.63) is 52.5 Å². The molecular formula is C16H15BrN2O2. The van der Waals surface area contributed by atoms with Crippen LogP contribution in [0.15, 0.2) is 46.9 Å². The van der Waals surface area contributed by atoms with Gasteiger partial charge in [-0.3, -0.25) is 0 Å². The van der Waals surface area contributed by atoms with Crippen molar-refractivity contribution in [1.82, 2.24) is 0 Å². The van der Waals surface area contributed by atoms with Gasteiger partial charge in [0.25, 0.3) is 0 Å². The summed E-state index contributed by atoms with van der Waals surface area (Å²) in [5, 5.41) is 9.43. The number of carboxylic acids is 1. The molecule has 1 aliphatic heterocycles. The second kappa shape index (κ2) is 5.41. The Morgan fingerprint density at radius 1 is 1.10 bits per heavy atom. The molecule has 0 radical (unpaired) electrons. The maximum Gasteiger partial charge on any atom is 0.337 e. The van der Waals surface area contributed by atoms with Crippen molar-refractivity contribution in [1.29, 1.82) is 0 Å². The van der Waals surface area contributed by atoms with Crippen LogP contribution < -0.4 is 9.80 Å². The number of carbonyl (C=O) groups is 1. The maximum absolute atomic E-state index is 11.5. The van der Waals surface area contributed by atoms with Gasteiger partial charge in [-0.05, 0) is 30.3 Å². The summed E-state index contributed by atoms with van der Waals surface area (Å²) in [5.41, 5.74) is 3.18. The Hall–Kier alpha value is -2.01. The number of rotatable bonds is 2. The van der Waals surface area contributed by atoms with E-state index in [0.717, 1.165) is 34.6 Å². The Kier molecular flexibility index (Phi) is 3.59. The molecule has 0 saturated carbocycles. The lowest BCUT2D eigenvalue weighted by Gasteiger charge is -2.37. The molecule has 0 saturated heterocycles. The van der Waals surface area contributed by atoms with E-state index < -0.39 is 5.97 Å². The third kappa shape index (κ3) is 2.49.